The standard InChI is InChI=1S/C19H14FN3O/c20-14-7-5-12(6-8-14)11-21-19(24)18-10-16-15-4-2-1-3-13(15)9-17(16)22-23-18/h1-8,10H,9,11H2,(H,21,24). The molecule has 0 fully saturated rings. The fourth-order valence-corrected chi connectivity index (χ4v) is 2.88. The molecular formula is C19H14FN3O. The van der Waals surface area contributed by atoms with E-state index in [1.54, 1.807) is 18.2 Å². The Kier molecular flexibility index (Phi) is 3.54. The molecule has 2 aromatic carbocycles. The molecule has 0 unspecified atom stereocenters. The molecule has 3 aromatic rings. The number of carbonyl (C=O) groups excluding carboxylic acids is 1. The van der Waals surface area contributed by atoms with E-state index in [-0.39, 0.29) is 17.4 Å². The summed E-state index contributed by atoms with van der Waals surface area (Å²) >= 11 is 0. The van der Waals surface area contributed by atoms with Crippen LogP contribution in [0.3, 0.4) is 0 Å². The zero-order valence-corrected chi connectivity index (χ0v) is 12.8. The fourth-order valence-electron chi connectivity index (χ4n) is 2.88. The molecule has 1 heterocycles. The monoisotopic (exact) mass is 319 g/mol. The summed E-state index contributed by atoms with van der Waals surface area (Å²) in [6, 6.07) is 15.9. The highest BCUT2D eigenvalue weighted by atomic mass is 19.1. The normalized spacial score (nSPS) is 11.7. The van der Waals surface area contributed by atoms with Gasteiger partial charge in [-0.25, -0.2) is 4.39 Å². The Hall–Kier alpha value is -3.08. The van der Waals surface area contributed by atoms with Gasteiger partial charge in [0.05, 0.1) is 5.69 Å². The number of hydrogen-bond acceptors (Lipinski definition) is 3. The summed E-state index contributed by atoms with van der Waals surface area (Å²) in [5.74, 6) is -0.591. The van der Waals surface area contributed by atoms with E-state index in [4.69, 9.17) is 0 Å². The topological polar surface area (TPSA) is 54.9 Å². The number of halogens is 1. The van der Waals surface area contributed by atoms with Gasteiger partial charge in [0.1, 0.15) is 5.82 Å². The van der Waals surface area contributed by atoms with Crippen LogP contribution in [-0.2, 0) is 13.0 Å². The molecule has 118 valence electrons. The quantitative estimate of drug-likeness (QED) is 0.631. The van der Waals surface area contributed by atoms with Crippen molar-refractivity contribution in [1.29, 1.82) is 0 Å². The Balaban J connectivity index is 1.53. The van der Waals surface area contributed by atoms with Gasteiger partial charge in [-0.1, -0.05) is 36.4 Å². The molecule has 1 aliphatic rings. The molecule has 1 aliphatic carbocycles. The maximum Gasteiger partial charge on any atom is 0.272 e. The van der Waals surface area contributed by atoms with Crippen molar-refractivity contribution in [2.75, 3.05) is 0 Å². The largest absolute Gasteiger partial charge is 0.347 e. The smallest absolute Gasteiger partial charge is 0.272 e. The van der Waals surface area contributed by atoms with Gasteiger partial charge in [0.2, 0.25) is 0 Å². The lowest BCUT2D eigenvalue weighted by atomic mass is 10.1. The second-order valence-corrected chi connectivity index (χ2v) is 5.73. The molecule has 4 nitrogen and oxygen atoms in total. The lowest BCUT2D eigenvalue weighted by Crippen LogP contribution is -2.24. The minimum Gasteiger partial charge on any atom is -0.347 e. The Morgan fingerprint density at radius 2 is 1.83 bits per heavy atom. The summed E-state index contributed by atoms with van der Waals surface area (Å²) in [7, 11) is 0. The number of aromatic nitrogens is 2. The van der Waals surface area contributed by atoms with Crippen molar-refractivity contribution in [2.45, 2.75) is 13.0 Å². The van der Waals surface area contributed by atoms with E-state index in [0.29, 0.717) is 6.54 Å². The first-order valence-electron chi connectivity index (χ1n) is 7.68. The third kappa shape index (κ3) is 2.65. The molecule has 1 amide bonds. The summed E-state index contributed by atoms with van der Waals surface area (Å²) in [5, 5.41) is 11.0. The average molecular weight is 319 g/mol. The van der Waals surface area contributed by atoms with Gasteiger partial charge in [0, 0.05) is 18.5 Å². The van der Waals surface area contributed by atoms with Gasteiger partial charge in [0.25, 0.3) is 5.91 Å². The van der Waals surface area contributed by atoms with E-state index in [0.717, 1.165) is 28.8 Å². The molecule has 0 saturated heterocycles. The first-order chi connectivity index (χ1) is 11.7. The summed E-state index contributed by atoms with van der Waals surface area (Å²) in [5.41, 5.74) is 5.27. The number of amides is 1. The van der Waals surface area contributed by atoms with Crippen LogP contribution in [0.25, 0.3) is 11.1 Å². The van der Waals surface area contributed by atoms with Crippen molar-refractivity contribution in [3.05, 3.63) is 82.9 Å². The van der Waals surface area contributed by atoms with E-state index >= 15 is 0 Å². The molecule has 0 radical (unpaired) electrons. The van der Waals surface area contributed by atoms with Gasteiger partial charge in [-0.15, -0.1) is 5.10 Å². The second-order valence-electron chi connectivity index (χ2n) is 5.73. The van der Waals surface area contributed by atoms with Crippen LogP contribution in [-0.4, -0.2) is 16.1 Å². The van der Waals surface area contributed by atoms with Gasteiger partial charge in [0.15, 0.2) is 5.69 Å². The molecule has 0 aliphatic heterocycles. The molecular weight excluding hydrogens is 305 g/mol. The van der Waals surface area contributed by atoms with Crippen LogP contribution >= 0.6 is 0 Å². The molecule has 0 bridgehead atoms. The Labute approximate surface area is 138 Å². The van der Waals surface area contributed by atoms with Gasteiger partial charge < -0.3 is 5.32 Å². The molecule has 0 saturated carbocycles. The lowest BCUT2D eigenvalue weighted by Gasteiger charge is -2.06. The van der Waals surface area contributed by atoms with Crippen LogP contribution in [0.2, 0.25) is 0 Å². The maximum absolute atomic E-state index is 12.9. The van der Waals surface area contributed by atoms with Crippen molar-refractivity contribution in [3.8, 4) is 11.1 Å². The van der Waals surface area contributed by atoms with Gasteiger partial charge in [-0.05, 0) is 34.9 Å². The van der Waals surface area contributed by atoms with Gasteiger partial charge in [-0.3, -0.25) is 4.79 Å². The van der Waals surface area contributed by atoms with Crippen molar-refractivity contribution in [3.63, 3.8) is 0 Å². The molecule has 0 atom stereocenters. The van der Waals surface area contributed by atoms with Crippen LogP contribution < -0.4 is 5.32 Å². The highest BCUT2D eigenvalue weighted by molar-refractivity contribution is 5.94. The van der Waals surface area contributed by atoms with Crippen molar-refractivity contribution < 1.29 is 9.18 Å². The summed E-state index contributed by atoms with van der Waals surface area (Å²) in [6.45, 7) is 0.314. The zero-order chi connectivity index (χ0) is 16.5. The minimum absolute atomic E-state index is 0.285. The average Bonchev–Trinajstić information content (AvgIpc) is 2.99. The Morgan fingerprint density at radius 3 is 2.67 bits per heavy atom. The minimum atomic E-state index is -0.298. The Morgan fingerprint density at radius 1 is 1.04 bits per heavy atom. The maximum atomic E-state index is 12.9. The highest BCUT2D eigenvalue weighted by Crippen LogP contribution is 2.34. The van der Waals surface area contributed by atoms with Gasteiger partial charge in [-0.2, -0.15) is 5.10 Å². The van der Waals surface area contributed by atoms with Crippen LogP contribution in [0.4, 0.5) is 4.39 Å². The number of nitrogens with zero attached hydrogens (tertiary/aromatic N) is 2. The van der Waals surface area contributed by atoms with Crippen LogP contribution in [0.5, 0.6) is 0 Å². The van der Waals surface area contributed by atoms with Crippen molar-refractivity contribution >= 4 is 5.91 Å². The molecule has 1 N–H and O–H groups in total. The van der Waals surface area contributed by atoms with E-state index in [9.17, 15) is 9.18 Å². The van der Waals surface area contributed by atoms with Crippen molar-refractivity contribution in [1.82, 2.24) is 15.5 Å². The summed E-state index contributed by atoms with van der Waals surface area (Å²) in [6.07, 6.45) is 0.746. The number of nitrogens with one attached hydrogen (secondary N) is 1. The number of carbonyl (C=O) groups is 1. The molecule has 0 spiro atoms. The summed E-state index contributed by atoms with van der Waals surface area (Å²) < 4.78 is 12.9. The predicted molar refractivity (Wildman–Crippen MR) is 87.8 cm³/mol. The van der Waals surface area contributed by atoms with E-state index in [1.165, 1.54) is 17.7 Å². The van der Waals surface area contributed by atoms with Gasteiger partial charge >= 0.3 is 0 Å². The molecule has 4 rings (SSSR count). The van der Waals surface area contributed by atoms with Crippen LogP contribution in [0, 0.1) is 5.82 Å². The Bertz CT molecular complexity index is 922. The van der Waals surface area contributed by atoms with E-state index < -0.39 is 0 Å². The second kappa shape index (κ2) is 5.85. The third-order valence-electron chi connectivity index (χ3n) is 4.13. The number of benzene rings is 2. The SMILES string of the molecule is O=C(NCc1ccc(F)cc1)c1cc2c(nn1)Cc1ccccc1-2. The number of rotatable bonds is 3. The first kappa shape index (κ1) is 14.5. The first-order valence-corrected chi connectivity index (χ1v) is 7.68. The fraction of sp³-hybridized carbons (Fsp3) is 0.105. The predicted octanol–water partition coefficient (Wildman–Crippen LogP) is 3.12. The highest BCUT2D eigenvalue weighted by Gasteiger charge is 2.21. The van der Waals surface area contributed by atoms with E-state index in [2.05, 4.69) is 21.6 Å². The molecule has 5 heteroatoms. The van der Waals surface area contributed by atoms with Crippen LogP contribution in [0.1, 0.15) is 27.3 Å². The van der Waals surface area contributed by atoms with E-state index in [1.807, 2.05) is 18.2 Å². The number of hydrogen-bond donors (Lipinski definition) is 1. The van der Waals surface area contributed by atoms with Crippen molar-refractivity contribution in [2.24, 2.45) is 0 Å². The molecule has 1 aromatic heterocycles. The summed E-state index contributed by atoms with van der Waals surface area (Å²) in [4.78, 5) is 12.3. The lowest BCUT2D eigenvalue weighted by molar-refractivity contribution is 0.0945. The molecule has 24 heavy (non-hydrogen) atoms. The zero-order valence-electron chi connectivity index (χ0n) is 12.8. The third-order valence-corrected chi connectivity index (χ3v) is 4.13. The number of fused-ring (bicyclic) bond motifs is 3. The van der Waals surface area contributed by atoms with Crippen LogP contribution in [0.15, 0.2) is 54.6 Å².